The number of carbonyl (C=O) groups excluding carboxylic acids is 1. The Morgan fingerprint density at radius 2 is 2.24 bits per heavy atom. The number of hydrogen-bond acceptors (Lipinski definition) is 4. The molecule has 8 heteroatoms. The van der Waals surface area contributed by atoms with Crippen LogP contribution in [-0.4, -0.2) is 41.6 Å². The minimum atomic E-state index is -2.96. The van der Waals surface area contributed by atoms with Gasteiger partial charge < -0.3 is 20.6 Å². The van der Waals surface area contributed by atoms with Gasteiger partial charge in [0.25, 0.3) is 5.91 Å². The Morgan fingerprint density at radius 3 is 2.81 bits per heavy atom. The normalized spacial score (nSPS) is 11.5. The van der Waals surface area contributed by atoms with Crippen LogP contribution in [0.15, 0.2) is 29.4 Å². The maximum atomic E-state index is 12.3. The van der Waals surface area contributed by atoms with E-state index in [2.05, 4.69) is 9.89 Å². The lowest BCUT2D eigenvalue weighted by molar-refractivity contribution is -0.0499. The molecule has 0 aliphatic carbocycles. The highest BCUT2D eigenvalue weighted by Gasteiger charge is 2.17. The Hall–Kier alpha value is -2.38. The molecule has 1 aromatic rings. The second kappa shape index (κ2) is 8.03. The molecule has 0 fully saturated rings. The summed E-state index contributed by atoms with van der Waals surface area (Å²) in [5, 5.41) is 11.4. The summed E-state index contributed by atoms with van der Waals surface area (Å²) in [4.78, 5) is 13.7. The Kier molecular flexibility index (Phi) is 6.38. The van der Waals surface area contributed by atoms with Crippen molar-refractivity contribution in [1.82, 2.24) is 4.90 Å². The third-order valence-corrected chi connectivity index (χ3v) is 2.57. The Balaban J connectivity index is 2.92. The fourth-order valence-electron chi connectivity index (χ4n) is 1.74. The number of carbonyl (C=O) groups is 1. The SMILES string of the molecule is CCCN(CC(N)=NO)C(=O)c1cccc(OC(F)F)c1. The molecule has 0 spiro atoms. The van der Waals surface area contributed by atoms with Crippen molar-refractivity contribution in [3.63, 3.8) is 0 Å². The molecule has 0 unspecified atom stereocenters. The molecule has 1 aromatic carbocycles. The van der Waals surface area contributed by atoms with E-state index < -0.39 is 12.5 Å². The van der Waals surface area contributed by atoms with Gasteiger partial charge in [-0.25, -0.2) is 0 Å². The molecule has 1 rings (SSSR count). The van der Waals surface area contributed by atoms with Gasteiger partial charge in [0.1, 0.15) is 5.75 Å². The number of halogens is 2. The average molecular weight is 301 g/mol. The third-order valence-electron chi connectivity index (χ3n) is 2.57. The van der Waals surface area contributed by atoms with Crippen LogP contribution in [0.4, 0.5) is 8.78 Å². The van der Waals surface area contributed by atoms with Crippen molar-refractivity contribution < 1.29 is 23.5 Å². The lowest BCUT2D eigenvalue weighted by Crippen LogP contribution is -2.39. The van der Waals surface area contributed by atoms with Gasteiger partial charge in [-0.05, 0) is 24.6 Å². The zero-order valence-electron chi connectivity index (χ0n) is 11.5. The molecule has 1 amide bonds. The molecule has 0 aromatic heterocycles. The highest BCUT2D eigenvalue weighted by molar-refractivity contribution is 5.97. The van der Waals surface area contributed by atoms with E-state index in [1.807, 2.05) is 6.92 Å². The monoisotopic (exact) mass is 301 g/mol. The second-order valence-electron chi connectivity index (χ2n) is 4.22. The zero-order chi connectivity index (χ0) is 15.8. The summed E-state index contributed by atoms with van der Waals surface area (Å²) in [6.07, 6.45) is 0.664. The van der Waals surface area contributed by atoms with Crippen molar-refractivity contribution in [3.8, 4) is 5.75 Å². The number of amidine groups is 1. The van der Waals surface area contributed by atoms with Crippen LogP contribution in [-0.2, 0) is 0 Å². The third kappa shape index (κ3) is 5.25. The summed E-state index contributed by atoms with van der Waals surface area (Å²) in [6, 6.07) is 5.48. The van der Waals surface area contributed by atoms with Crippen molar-refractivity contribution in [1.29, 1.82) is 0 Å². The maximum Gasteiger partial charge on any atom is 0.387 e. The highest BCUT2D eigenvalue weighted by Crippen LogP contribution is 2.17. The molecule has 0 saturated carbocycles. The number of hydrogen-bond donors (Lipinski definition) is 2. The van der Waals surface area contributed by atoms with E-state index in [1.54, 1.807) is 0 Å². The first kappa shape index (κ1) is 16.7. The summed E-state index contributed by atoms with van der Waals surface area (Å²) in [5.41, 5.74) is 5.59. The first-order chi connectivity index (χ1) is 9.97. The lowest BCUT2D eigenvalue weighted by atomic mass is 10.2. The van der Waals surface area contributed by atoms with Gasteiger partial charge >= 0.3 is 6.61 Å². The van der Waals surface area contributed by atoms with Gasteiger partial charge in [0.05, 0.1) is 6.54 Å². The molecular weight excluding hydrogens is 284 g/mol. The molecular formula is C13H17F2N3O3. The van der Waals surface area contributed by atoms with Crippen molar-refractivity contribution in [2.45, 2.75) is 20.0 Å². The lowest BCUT2D eigenvalue weighted by Gasteiger charge is -2.21. The largest absolute Gasteiger partial charge is 0.435 e. The zero-order valence-corrected chi connectivity index (χ0v) is 11.5. The highest BCUT2D eigenvalue weighted by atomic mass is 19.3. The minimum absolute atomic E-state index is 0.0525. The fourth-order valence-corrected chi connectivity index (χ4v) is 1.74. The van der Waals surface area contributed by atoms with E-state index in [0.29, 0.717) is 13.0 Å². The summed E-state index contributed by atoms with van der Waals surface area (Å²) >= 11 is 0. The summed E-state index contributed by atoms with van der Waals surface area (Å²) in [7, 11) is 0. The van der Waals surface area contributed by atoms with Crippen molar-refractivity contribution in [2.24, 2.45) is 10.9 Å². The van der Waals surface area contributed by atoms with Gasteiger partial charge in [0.15, 0.2) is 5.84 Å². The van der Waals surface area contributed by atoms with Gasteiger partial charge in [-0.2, -0.15) is 8.78 Å². The number of ether oxygens (including phenoxy) is 1. The minimum Gasteiger partial charge on any atom is -0.435 e. The summed E-state index contributed by atoms with van der Waals surface area (Å²) in [6.45, 7) is -0.764. The van der Waals surface area contributed by atoms with Crippen LogP contribution in [0, 0.1) is 0 Å². The van der Waals surface area contributed by atoms with E-state index in [0.717, 1.165) is 0 Å². The van der Waals surface area contributed by atoms with Crippen molar-refractivity contribution in [3.05, 3.63) is 29.8 Å². The topological polar surface area (TPSA) is 88.1 Å². The molecule has 0 atom stereocenters. The number of nitrogens with two attached hydrogens (primary N) is 1. The van der Waals surface area contributed by atoms with Crippen LogP contribution in [0.1, 0.15) is 23.7 Å². The van der Waals surface area contributed by atoms with Gasteiger partial charge in [0, 0.05) is 12.1 Å². The first-order valence-corrected chi connectivity index (χ1v) is 6.28. The maximum absolute atomic E-state index is 12.3. The fraction of sp³-hybridized carbons (Fsp3) is 0.385. The van der Waals surface area contributed by atoms with Gasteiger partial charge in [-0.1, -0.05) is 18.1 Å². The van der Waals surface area contributed by atoms with Crippen LogP contribution in [0.5, 0.6) is 5.75 Å². The van der Waals surface area contributed by atoms with Gasteiger partial charge in [0.2, 0.25) is 0 Å². The average Bonchev–Trinajstić information content (AvgIpc) is 2.45. The Morgan fingerprint density at radius 1 is 1.52 bits per heavy atom. The summed E-state index contributed by atoms with van der Waals surface area (Å²) in [5.74, 6) is -0.629. The van der Waals surface area contributed by atoms with E-state index in [9.17, 15) is 13.6 Å². The number of amides is 1. The predicted octanol–water partition coefficient (Wildman–Crippen LogP) is 1.89. The smallest absolute Gasteiger partial charge is 0.387 e. The Bertz CT molecular complexity index is 509. The van der Waals surface area contributed by atoms with E-state index in [-0.39, 0.29) is 23.7 Å². The number of nitrogens with zero attached hydrogens (tertiary/aromatic N) is 2. The van der Waals surface area contributed by atoms with E-state index in [4.69, 9.17) is 10.9 Å². The molecule has 0 radical (unpaired) electrons. The van der Waals surface area contributed by atoms with Crippen LogP contribution in [0.2, 0.25) is 0 Å². The molecule has 3 N–H and O–H groups in total. The number of alkyl halides is 2. The molecule has 116 valence electrons. The number of rotatable bonds is 7. The van der Waals surface area contributed by atoms with Gasteiger partial charge in [-0.15, -0.1) is 0 Å². The number of benzene rings is 1. The van der Waals surface area contributed by atoms with Crippen LogP contribution in [0.25, 0.3) is 0 Å². The Labute approximate surface area is 120 Å². The van der Waals surface area contributed by atoms with Crippen LogP contribution < -0.4 is 10.5 Å². The molecule has 0 aliphatic heterocycles. The van der Waals surface area contributed by atoms with Gasteiger partial charge in [-0.3, -0.25) is 4.79 Å². The molecule has 0 heterocycles. The van der Waals surface area contributed by atoms with Crippen LogP contribution in [0.3, 0.4) is 0 Å². The van der Waals surface area contributed by atoms with Crippen LogP contribution >= 0.6 is 0 Å². The molecule has 0 bridgehead atoms. The quantitative estimate of drug-likeness (QED) is 0.348. The second-order valence-corrected chi connectivity index (χ2v) is 4.22. The standard InChI is InChI=1S/C13H17F2N3O3/c1-2-6-18(8-11(16)17-20)12(19)9-4-3-5-10(7-9)21-13(14)15/h3-5,7,13,20H,2,6,8H2,1H3,(H2,16,17). The molecule has 6 nitrogen and oxygen atoms in total. The molecule has 21 heavy (non-hydrogen) atoms. The van der Waals surface area contributed by atoms with Crippen molar-refractivity contribution >= 4 is 11.7 Å². The molecule has 0 aliphatic rings. The van der Waals surface area contributed by atoms with E-state index >= 15 is 0 Å². The number of oxime groups is 1. The summed E-state index contributed by atoms with van der Waals surface area (Å²) < 4.78 is 28.6. The van der Waals surface area contributed by atoms with E-state index in [1.165, 1.54) is 29.2 Å². The molecule has 0 saturated heterocycles. The van der Waals surface area contributed by atoms with Crippen molar-refractivity contribution in [2.75, 3.05) is 13.1 Å². The predicted molar refractivity (Wildman–Crippen MR) is 72.7 cm³/mol. The first-order valence-electron chi connectivity index (χ1n) is 6.28.